The van der Waals surface area contributed by atoms with Crippen LogP contribution in [0.15, 0.2) is 12.8 Å². The normalized spacial score (nSPS) is 9.80. The highest BCUT2D eigenvalue weighted by Crippen LogP contribution is 2.07. The number of unbranched alkanes of at least 4 members (excludes halogenated alkanes) is 1. The fraction of sp³-hybridized carbons (Fsp3) is 0.615. The van der Waals surface area contributed by atoms with Gasteiger partial charge in [-0.05, 0) is 32.5 Å². The number of aliphatic carboxylic acids is 1. The van der Waals surface area contributed by atoms with E-state index in [4.69, 9.17) is 9.53 Å². The van der Waals surface area contributed by atoms with Crippen LogP contribution in [-0.2, 0) is 23.5 Å². The number of carbonyl (C=O) groups is 3. The summed E-state index contributed by atoms with van der Waals surface area (Å²) in [5.74, 6) is -1.34. The minimum atomic E-state index is -1.77. The Morgan fingerprint density at radius 3 is 1.95 bits per heavy atom. The fourth-order valence-electron chi connectivity index (χ4n) is 1.06. The molecule has 0 aliphatic rings. The van der Waals surface area contributed by atoms with E-state index in [-0.39, 0.29) is 18.4 Å². The van der Waals surface area contributed by atoms with Crippen molar-refractivity contribution in [1.29, 1.82) is 0 Å². The van der Waals surface area contributed by atoms with Gasteiger partial charge in [0.2, 0.25) is 8.32 Å². The monoisotopic (exact) mass is 304 g/mol. The van der Waals surface area contributed by atoms with Gasteiger partial charge in [-0.1, -0.05) is 6.58 Å². The van der Waals surface area contributed by atoms with Crippen LogP contribution in [0.4, 0.5) is 0 Å². The molecule has 0 saturated heterocycles. The first-order valence-electron chi connectivity index (χ1n) is 6.30. The molecule has 0 spiro atoms. The second-order valence-corrected chi connectivity index (χ2v) is 9.39. The summed E-state index contributed by atoms with van der Waals surface area (Å²) in [5.41, 5.74) is 0. The zero-order chi connectivity index (χ0) is 16.2. The molecular formula is C13H24O6Si. The van der Waals surface area contributed by atoms with E-state index in [2.05, 4.69) is 11.3 Å². The summed E-state index contributed by atoms with van der Waals surface area (Å²) in [5, 5.41) is 8.36. The molecule has 7 heteroatoms. The quantitative estimate of drug-likeness (QED) is 0.336. The summed E-state index contributed by atoms with van der Waals surface area (Å²) in [6, 6.07) is 0. The zero-order valence-electron chi connectivity index (χ0n) is 12.6. The van der Waals surface area contributed by atoms with Crippen molar-refractivity contribution in [2.75, 3.05) is 0 Å². The third-order valence-corrected chi connectivity index (χ3v) is 2.53. The van der Waals surface area contributed by atoms with Crippen LogP contribution in [-0.4, -0.2) is 31.3 Å². The molecule has 0 radical (unpaired) electrons. The highest BCUT2D eigenvalue weighted by atomic mass is 28.4. The largest absolute Gasteiger partial charge is 0.520 e. The Morgan fingerprint density at radius 1 is 1.15 bits per heavy atom. The highest BCUT2D eigenvalue weighted by molar-refractivity contribution is 6.71. The zero-order valence-corrected chi connectivity index (χ0v) is 13.6. The van der Waals surface area contributed by atoms with Crippen molar-refractivity contribution < 1.29 is 28.7 Å². The molecule has 0 saturated carbocycles. The third kappa shape index (κ3) is 21.6. The van der Waals surface area contributed by atoms with Crippen LogP contribution in [0, 0.1) is 0 Å². The summed E-state index contributed by atoms with van der Waals surface area (Å²) in [7, 11) is -1.77. The van der Waals surface area contributed by atoms with Gasteiger partial charge < -0.3 is 14.3 Å². The van der Waals surface area contributed by atoms with E-state index in [1.807, 2.05) is 19.6 Å². The topological polar surface area (TPSA) is 89.9 Å². The summed E-state index contributed by atoms with van der Waals surface area (Å²) in [4.78, 5) is 31.1. The second-order valence-electron chi connectivity index (χ2n) is 4.96. The smallest absolute Gasteiger partial charge is 0.307 e. The molecule has 0 aromatic rings. The fourth-order valence-corrected chi connectivity index (χ4v) is 1.84. The standard InChI is InChI=1S/C9H18O4Si.C4H6O2/c1-14(2,3)13-9(12)7-5-4-6-8(10)11;1-3-6-4(2)5/h4-7H2,1-3H3,(H,10,11);3H,1H2,2H3. The Labute approximate surface area is 120 Å². The average Bonchev–Trinajstić information content (AvgIpc) is 2.22. The number of esters is 1. The first-order valence-corrected chi connectivity index (χ1v) is 9.71. The Kier molecular flexibility index (Phi) is 11.6. The maximum absolute atomic E-state index is 11.2. The van der Waals surface area contributed by atoms with Gasteiger partial charge in [-0.25, -0.2) is 0 Å². The van der Waals surface area contributed by atoms with E-state index in [1.54, 1.807) is 0 Å². The van der Waals surface area contributed by atoms with Gasteiger partial charge in [-0.15, -0.1) is 0 Å². The van der Waals surface area contributed by atoms with Crippen LogP contribution in [0.2, 0.25) is 19.6 Å². The van der Waals surface area contributed by atoms with Crippen LogP contribution in [0.3, 0.4) is 0 Å². The molecule has 20 heavy (non-hydrogen) atoms. The predicted octanol–water partition coefficient (Wildman–Crippen LogP) is 2.70. The number of carbonyl (C=O) groups excluding carboxylic acids is 2. The highest BCUT2D eigenvalue weighted by Gasteiger charge is 2.19. The van der Waals surface area contributed by atoms with Crippen molar-refractivity contribution in [3.63, 3.8) is 0 Å². The van der Waals surface area contributed by atoms with Gasteiger partial charge in [0.05, 0.1) is 6.26 Å². The molecule has 0 aliphatic heterocycles. The molecule has 0 rings (SSSR count). The van der Waals surface area contributed by atoms with E-state index < -0.39 is 14.3 Å². The van der Waals surface area contributed by atoms with E-state index >= 15 is 0 Å². The minimum absolute atomic E-state index is 0.125. The molecule has 0 aliphatic carbocycles. The maximum atomic E-state index is 11.2. The Hall–Kier alpha value is -1.63. The molecule has 0 unspecified atom stereocenters. The minimum Gasteiger partial charge on any atom is -0.520 e. The number of ether oxygens (including phenoxy) is 1. The predicted molar refractivity (Wildman–Crippen MR) is 77.5 cm³/mol. The summed E-state index contributed by atoms with van der Waals surface area (Å²) in [6.07, 6.45) is 2.69. The van der Waals surface area contributed by atoms with Crippen molar-refractivity contribution in [1.82, 2.24) is 0 Å². The Bertz CT molecular complexity index is 332. The van der Waals surface area contributed by atoms with E-state index in [1.165, 1.54) is 6.92 Å². The number of hydrogen-bond acceptors (Lipinski definition) is 5. The summed E-state index contributed by atoms with van der Waals surface area (Å²) < 4.78 is 9.36. The molecule has 0 atom stereocenters. The molecule has 1 N–H and O–H groups in total. The van der Waals surface area contributed by atoms with Gasteiger partial charge >= 0.3 is 11.9 Å². The lowest BCUT2D eigenvalue weighted by Gasteiger charge is -2.16. The number of hydrogen-bond donors (Lipinski definition) is 1. The molecule has 0 aromatic carbocycles. The molecule has 0 aromatic heterocycles. The lowest BCUT2D eigenvalue weighted by atomic mass is 10.2. The molecule has 0 amide bonds. The maximum Gasteiger partial charge on any atom is 0.307 e. The average molecular weight is 304 g/mol. The van der Waals surface area contributed by atoms with Crippen molar-refractivity contribution in [3.05, 3.63) is 12.8 Å². The molecule has 0 heterocycles. The van der Waals surface area contributed by atoms with Crippen molar-refractivity contribution >= 4 is 26.2 Å². The van der Waals surface area contributed by atoms with E-state index in [0.717, 1.165) is 6.26 Å². The Morgan fingerprint density at radius 2 is 1.65 bits per heavy atom. The van der Waals surface area contributed by atoms with Crippen LogP contribution < -0.4 is 0 Å². The summed E-state index contributed by atoms with van der Waals surface area (Å²) >= 11 is 0. The van der Waals surface area contributed by atoms with E-state index in [9.17, 15) is 14.4 Å². The van der Waals surface area contributed by atoms with Gasteiger partial charge in [0.25, 0.3) is 5.97 Å². The van der Waals surface area contributed by atoms with Crippen LogP contribution >= 0.6 is 0 Å². The Balaban J connectivity index is 0. The number of rotatable bonds is 7. The first-order chi connectivity index (χ1) is 9.08. The van der Waals surface area contributed by atoms with Crippen molar-refractivity contribution in [2.24, 2.45) is 0 Å². The van der Waals surface area contributed by atoms with Crippen LogP contribution in [0.1, 0.15) is 32.6 Å². The van der Waals surface area contributed by atoms with Gasteiger partial charge in [-0.3, -0.25) is 14.4 Å². The lowest BCUT2D eigenvalue weighted by Crippen LogP contribution is -2.29. The molecular weight excluding hydrogens is 280 g/mol. The first kappa shape index (κ1) is 20.7. The van der Waals surface area contributed by atoms with Crippen molar-refractivity contribution in [3.8, 4) is 0 Å². The van der Waals surface area contributed by atoms with Gasteiger partial charge in [0.1, 0.15) is 0 Å². The molecule has 0 bridgehead atoms. The van der Waals surface area contributed by atoms with Gasteiger partial charge in [0, 0.05) is 19.8 Å². The number of carboxylic acids is 1. The van der Waals surface area contributed by atoms with Crippen LogP contribution in [0.25, 0.3) is 0 Å². The molecule has 0 fully saturated rings. The molecule has 116 valence electrons. The van der Waals surface area contributed by atoms with Gasteiger partial charge in [-0.2, -0.15) is 0 Å². The van der Waals surface area contributed by atoms with Gasteiger partial charge in [0.15, 0.2) is 0 Å². The molecule has 6 nitrogen and oxygen atoms in total. The number of carboxylic acid groups (broad SMARTS) is 1. The third-order valence-electron chi connectivity index (χ3n) is 1.69. The SMILES string of the molecule is C=COC(C)=O.C[Si](C)(C)OC(=O)CCCCC(=O)O. The van der Waals surface area contributed by atoms with Crippen molar-refractivity contribution in [2.45, 2.75) is 52.2 Å². The lowest BCUT2D eigenvalue weighted by molar-refractivity contribution is -0.138. The van der Waals surface area contributed by atoms with Crippen LogP contribution in [0.5, 0.6) is 0 Å². The van der Waals surface area contributed by atoms with E-state index in [0.29, 0.717) is 19.3 Å². The second kappa shape index (κ2) is 11.2. The summed E-state index contributed by atoms with van der Waals surface area (Å²) in [6.45, 7) is 10.3.